The molecule has 0 saturated carbocycles. The van der Waals surface area contributed by atoms with E-state index in [2.05, 4.69) is 23.7 Å². The summed E-state index contributed by atoms with van der Waals surface area (Å²) in [5, 5.41) is 42.1. The summed E-state index contributed by atoms with van der Waals surface area (Å²) in [6.45, 7) is 24.0. The van der Waals surface area contributed by atoms with Crippen LogP contribution in [0.1, 0.15) is 63.7 Å². The van der Waals surface area contributed by atoms with Crippen molar-refractivity contribution < 1.29 is 131 Å². The molecular formula is C52H52Co2O20. The molecule has 4 rings (SSSR count). The van der Waals surface area contributed by atoms with Crippen molar-refractivity contribution in [3.63, 3.8) is 0 Å². The molecule has 20 nitrogen and oxygen atoms in total. The molecule has 2 radical (unpaired) electrons. The molecule has 398 valence electrons. The van der Waals surface area contributed by atoms with Crippen LogP contribution in [0.5, 0.6) is 0 Å². The molecule has 0 spiro atoms. The molecule has 0 saturated heterocycles. The number of carbonyl (C=O) groups is 16. The summed E-state index contributed by atoms with van der Waals surface area (Å²) in [5.74, 6) is 4.83. The molecule has 0 aliphatic heterocycles. The number of hydrogen-bond acceptors (Lipinski definition) is 20. The van der Waals surface area contributed by atoms with E-state index in [4.69, 9.17) is 83.2 Å². The van der Waals surface area contributed by atoms with Crippen LogP contribution in [0.4, 0.5) is 0 Å². The zero-order chi connectivity index (χ0) is 59.9. The number of aromatic carboxylic acids is 4. The van der Waals surface area contributed by atoms with Crippen LogP contribution in [0.3, 0.4) is 0 Å². The molecule has 0 aromatic heterocycles. The molecule has 22 heteroatoms. The molecule has 0 bridgehead atoms. The standard InChI is InChI=1S/4C10H8O2.12CH2O.2Co/c4*1-2-5-8-6-3-4-7-9(8)10(11)12;12*1-2;;/h4*1,3-4,6-7H,5H2,(H,11,12);12*1H2;;/q;;;;;;;;;;;;;;;;2*+2/p-4. The second kappa shape index (κ2) is 96.9. The van der Waals surface area contributed by atoms with Crippen molar-refractivity contribution in [2.24, 2.45) is 0 Å². The Morgan fingerprint density at radius 2 is 0.392 bits per heavy atom. The summed E-state index contributed by atoms with van der Waals surface area (Å²) in [4.78, 5) is 138. The van der Waals surface area contributed by atoms with Gasteiger partial charge in [-0.1, -0.05) is 97.1 Å². The number of carbonyl (C=O) groups excluding carboxylic acids is 16. The Morgan fingerprint density at radius 3 is 0.486 bits per heavy atom. The van der Waals surface area contributed by atoms with Gasteiger partial charge in [0.25, 0.3) is 0 Å². The predicted molar refractivity (Wildman–Crippen MR) is 259 cm³/mol. The quantitative estimate of drug-likeness (QED) is 0.185. The first kappa shape index (κ1) is 102. The second-order valence-corrected chi connectivity index (χ2v) is 9.30. The van der Waals surface area contributed by atoms with E-state index in [9.17, 15) is 39.6 Å². The summed E-state index contributed by atoms with van der Waals surface area (Å²) < 4.78 is 0. The van der Waals surface area contributed by atoms with Crippen molar-refractivity contribution in [3.05, 3.63) is 142 Å². The Morgan fingerprint density at radius 1 is 0.284 bits per heavy atom. The fourth-order valence-electron chi connectivity index (χ4n) is 3.93. The molecule has 0 heterocycles. The molecular weight excluding hydrogens is 1060 g/mol. The first-order chi connectivity index (χ1) is 35.0. The van der Waals surface area contributed by atoms with Crippen LogP contribution >= 0.6 is 0 Å². The third-order valence-corrected chi connectivity index (χ3v) is 6.12. The maximum Gasteiger partial charge on any atom is 2.00 e. The number of rotatable bonds is 8. The fourth-order valence-corrected chi connectivity index (χ4v) is 3.93. The Balaban J connectivity index is -0.0000000470. The van der Waals surface area contributed by atoms with E-state index in [0.717, 1.165) is 0 Å². The number of terminal acetylenes is 4. The van der Waals surface area contributed by atoms with Gasteiger partial charge < -0.3 is 97.1 Å². The summed E-state index contributed by atoms with van der Waals surface area (Å²) in [6, 6.07) is 26.3. The molecule has 0 aliphatic carbocycles. The van der Waals surface area contributed by atoms with E-state index in [0.29, 0.717) is 47.9 Å². The van der Waals surface area contributed by atoms with Crippen LogP contribution in [-0.2, 0) is 117 Å². The average Bonchev–Trinajstić information content (AvgIpc) is 3.46. The van der Waals surface area contributed by atoms with Gasteiger partial charge in [0, 0.05) is 47.9 Å². The van der Waals surface area contributed by atoms with Gasteiger partial charge in [0.1, 0.15) is 81.5 Å². The number of benzene rings is 4. The summed E-state index contributed by atoms with van der Waals surface area (Å²) in [5.41, 5.74) is 3.21. The van der Waals surface area contributed by atoms with Gasteiger partial charge in [0.2, 0.25) is 0 Å². The summed E-state index contributed by atoms with van der Waals surface area (Å²) in [7, 11) is 0. The van der Waals surface area contributed by atoms with Crippen molar-refractivity contribution in [2.75, 3.05) is 0 Å². The van der Waals surface area contributed by atoms with Crippen LogP contribution in [-0.4, -0.2) is 105 Å². The minimum Gasteiger partial charge on any atom is -0.545 e. The first-order valence-corrected chi connectivity index (χ1v) is 17.4. The first-order valence-electron chi connectivity index (χ1n) is 17.4. The molecule has 74 heavy (non-hydrogen) atoms. The van der Waals surface area contributed by atoms with Gasteiger partial charge in [0.05, 0.1) is 23.9 Å². The van der Waals surface area contributed by atoms with Crippen molar-refractivity contribution in [3.8, 4) is 49.4 Å². The number of carboxylic acid groups (broad SMARTS) is 4. The van der Waals surface area contributed by atoms with E-state index >= 15 is 0 Å². The summed E-state index contributed by atoms with van der Waals surface area (Å²) in [6.07, 6.45) is 21.6. The Hall–Kier alpha value is -9.95. The van der Waals surface area contributed by atoms with Gasteiger partial charge in [-0.05, 0) is 22.3 Å². The Kier molecular flexibility index (Phi) is 133. The van der Waals surface area contributed by atoms with Gasteiger partial charge in [0.15, 0.2) is 0 Å². The molecule has 0 amide bonds. The van der Waals surface area contributed by atoms with E-state index in [1.165, 1.54) is 24.3 Å². The Bertz CT molecular complexity index is 1820. The molecule has 0 atom stereocenters. The zero-order valence-corrected chi connectivity index (χ0v) is 41.8. The smallest absolute Gasteiger partial charge is 0.545 e. The van der Waals surface area contributed by atoms with E-state index < -0.39 is 23.9 Å². The van der Waals surface area contributed by atoms with E-state index in [1.807, 2.05) is 81.5 Å². The minimum absolute atomic E-state index is 0. The number of hydrogen-bond donors (Lipinski definition) is 0. The second-order valence-electron chi connectivity index (χ2n) is 9.30. The van der Waals surface area contributed by atoms with E-state index in [1.54, 1.807) is 72.8 Å². The fraction of sp³-hybridized carbons (Fsp3) is 0.0769. The van der Waals surface area contributed by atoms with Crippen molar-refractivity contribution in [1.82, 2.24) is 0 Å². The van der Waals surface area contributed by atoms with Crippen LogP contribution in [0.25, 0.3) is 0 Å². The largest absolute Gasteiger partial charge is 2.00 e. The van der Waals surface area contributed by atoms with Crippen LogP contribution in [0.15, 0.2) is 97.1 Å². The topological polar surface area (TPSA) is 365 Å². The van der Waals surface area contributed by atoms with Gasteiger partial charge in [-0.2, -0.15) is 0 Å². The Labute approximate surface area is 450 Å². The maximum atomic E-state index is 10.5. The van der Waals surface area contributed by atoms with Gasteiger partial charge in [-0.25, -0.2) is 0 Å². The number of carboxylic acids is 4. The molecule has 0 fully saturated rings. The van der Waals surface area contributed by atoms with Gasteiger partial charge >= 0.3 is 33.6 Å². The van der Waals surface area contributed by atoms with Crippen molar-refractivity contribution in [1.29, 1.82) is 0 Å². The van der Waals surface area contributed by atoms with Crippen LogP contribution < -0.4 is 20.4 Å². The molecule has 0 aliphatic rings. The third kappa shape index (κ3) is 60.1. The normalized spacial score (nSPS) is 6.43. The summed E-state index contributed by atoms with van der Waals surface area (Å²) >= 11 is 0. The van der Waals surface area contributed by atoms with Gasteiger partial charge in [-0.3, -0.25) is 0 Å². The van der Waals surface area contributed by atoms with Crippen molar-refractivity contribution >= 4 is 105 Å². The third-order valence-electron chi connectivity index (χ3n) is 6.12. The molecule has 0 unspecified atom stereocenters. The maximum absolute atomic E-state index is 10.5. The zero-order valence-electron chi connectivity index (χ0n) is 39.7. The predicted octanol–water partition coefficient (Wildman–Crippen LogP) is -1.32. The van der Waals surface area contributed by atoms with Crippen molar-refractivity contribution in [2.45, 2.75) is 25.7 Å². The monoisotopic (exact) mass is 1110 g/mol. The molecule has 4 aromatic rings. The van der Waals surface area contributed by atoms with Crippen LogP contribution in [0, 0.1) is 49.4 Å². The average molecular weight is 1110 g/mol. The SMILES string of the molecule is C#CCc1ccccc1C(=O)[O-].C#CCc1ccccc1C(=O)[O-].C#CCc1ccccc1C(=O)[O-].C#CCc1ccccc1C(=O)[O-].C=O.C=O.C=O.C=O.C=O.C=O.C=O.C=O.C=O.C=O.C=O.C=O.[Co+2].[Co+2]. The van der Waals surface area contributed by atoms with Gasteiger partial charge in [-0.15, -0.1) is 49.4 Å². The molecule has 0 N–H and O–H groups in total. The van der Waals surface area contributed by atoms with E-state index in [-0.39, 0.29) is 55.8 Å². The minimum atomic E-state index is -1.18. The van der Waals surface area contributed by atoms with Crippen LogP contribution in [0.2, 0.25) is 0 Å². The molecule has 4 aromatic carbocycles.